The standard InChI is InChI=1S/C27H25FN4O3/c1-15-19(9-10-21(30-15)26(33)34)24-20-12-22-16(13-29-31-22)11-23(20)32(18-7-5-17(28)6-8-18)25(24)27(2,3)14-35-4/h5-13H,14H2,1-4H3,(H,29,31)(H,33,34). The minimum Gasteiger partial charge on any atom is -0.477 e. The summed E-state index contributed by atoms with van der Waals surface area (Å²) in [7, 11) is 1.66. The second-order valence-corrected chi connectivity index (χ2v) is 9.31. The van der Waals surface area contributed by atoms with E-state index in [0.29, 0.717) is 12.3 Å². The van der Waals surface area contributed by atoms with Gasteiger partial charge in [0.2, 0.25) is 0 Å². The van der Waals surface area contributed by atoms with E-state index in [2.05, 4.69) is 39.7 Å². The first-order valence-corrected chi connectivity index (χ1v) is 11.2. The van der Waals surface area contributed by atoms with Gasteiger partial charge in [-0.25, -0.2) is 14.2 Å². The number of carbonyl (C=O) groups is 1. The smallest absolute Gasteiger partial charge is 0.354 e. The number of hydrogen-bond donors (Lipinski definition) is 2. The summed E-state index contributed by atoms with van der Waals surface area (Å²) in [4.78, 5) is 15.9. The molecule has 35 heavy (non-hydrogen) atoms. The zero-order valence-corrected chi connectivity index (χ0v) is 19.9. The molecule has 0 radical (unpaired) electrons. The van der Waals surface area contributed by atoms with Crippen LogP contribution in [0.3, 0.4) is 0 Å². The lowest BCUT2D eigenvalue weighted by Crippen LogP contribution is -2.27. The topological polar surface area (TPSA) is 93.0 Å². The van der Waals surface area contributed by atoms with Crippen LogP contribution in [0.5, 0.6) is 0 Å². The van der Waals surface area contributed by atoms with Gasteiger partial charge in [-0.3, -0.25) is 5.10 Å². The third kappa shape index (κ3) is 3.76. The number of carboxylic acid groups (broad SMARTS) is 1. The number of nitrogens with zero attached hydrogens (tertiary/aromatic N) is 3. The number of aromatic carboxylic acids is 1. The number of aromatic amines is 1. The summed E-state index contributed by atoms with van der Waals surface area (Å²) >= 11 is 0. The Kier molecular flexibility index (Phi) is 5.40. The number of aromatic nitrogens is 4. The van der Waals surface area contributed by atoms with E-state index in [4.69, 9.17) is 4.74 Å². The van der Waals surface area contributed by atoms with E-state index in [1.165, 1.54) is 18.2 Å². The summed E-state index contributed by atoms with van der Waals surface area (Å²) in [6.07, 6.45) is 1.77. The summed E-state index contributed by atoms with van der Waals surface area (Å²) in [5.74, 6) is -1.39. The average molecular weight is 473 g/mol. The molecule has 0 aliphatic rings. The maximum atomic E-state index is 13.9. The first-order chi connectivity index (χ1) is 16.7. The Hall–Kier alpha value is -4.04. The highest BCUT2D eigenvalue weighted by molar-refractivity contribution is 6.06. The third-order valence-electron chi connectivity index (χ3n) is 6.33. The summed E-state index contributed by atoms with van der Waals surface area (Å²) in [6, 6.07) is 13.8. The van der Waals surface area contributed by atoms with Gasteiger partial charge in [0.25, 0.3) is 0 Å². The molecule has 2 aromatic carbocycles. The van der Waals surface area contributed by atoms with Crippen LogP contribution in [0.15, 0.2) is 54.7 Å². The highest BCUT2D eigenvalue weighted by Crippen LogP contribution is 2.44. The van der Waals surface area contributed by atoms with Gasteiger partial charge in [0.05, 0.1) is 23.8 Å². The van der Waals surface area contributed by atoms with Crippen molar-refractivity contribution in [2.75, 3.05) is 13.7 Å². The summed E-state index contributed by atoms with van der Waals surface area (Å²) in [5.41, 5.74) is 5.40. The van der Waals surface area contributed by atoms with E-state index in [1.807, 2.05) is 13.0 Å². The van der Waals surface area contributed by atoms with Crippen LogP contribution in [-0.2, 0) is 10.2 Å². The van der Waals surface area contributed by atoms with E-state index in [1.54, 1.807) is 31.5 Å². The molecule has 3 aromatic heterocycles. The van der Waals surface area contributed by atoms with Gasteiger partial charge in [0.15, 0.2) is 0 Å². The molecule has 5 aromatic rings. The molecule has 2 N–H and O–H groups in total. The number of methoxy groups -OCH3 is 1. The van der Waals surface area contributed by atoms with Crippen molar-refractivity contribution in [2.24, 2.45) is 0 Å². The number of halogens is 1. The normalized spacial score (nSPS) is 12.0. The van der Waals surface area contributed by atoms with Gasteiger partial charge in [-0.05, 0) is 49.4 Å². The highest BCUT2D eigenvalue weighted by atomic mass is 19.1. The lowest BCUT2D eigenvalue weighted by Gasteiger charge is -2.28. The fraction of sp³-hybridized carbons (Fsp3) is 0.222. The van der Waals surface area contributed by atoms with Crippen molar-refractivity contribution in [2.45, 2.75) is 26.2 Å². The van der Waals surface area contributed by atoms with Crippen LogP contribution in [-0.4, -0.2) is 44.5 Å². The Labute approximate surface area is 201 Å². The number of benzene rings is 2. The van der Waals surface area contributed by atoms with Gasteiger partial charge >= 0.3 is 5.97 Å². The van der Waals surface area contributed by atoms with Crippen LogP contribution in [0.2, 0.25) is 0 Å². The summed E-state index contributed by atoms with van der Waals surface area (Å²) < 4.78 is 21.6. The molecular weight excluding hydrogens is 447 g/mol. The lowest BCUT2D eigenvalue weighted by atomic mass is 9.84. The number of nitrogens with one attached hydrogen (secondary N) is 1. The minimum absolute atomic E-state index is 0.0119. The second-order valence-electron chi connectivity index (χ2n) is 9.31. The molecule has 0 saturated carbocycles. The van der Waals surface area contributed by atoms with Gasteiger partial charge in [-0.2, -0.15) is 5.10 Å². The Morgan fingerprint density at radius 1 is 1.17 bits per heavy atom. The zero-order valence-electron chi connectivity index (χ0n) is 19.9. The maximum Gasteiger partial charge on any atom is 0.354 e. The van der Waals surface area contributed by atoms with Crippen molar-refractivity contribution in [3.63, 3.8) is 0 Å². The van der Waals surface area contributed by atoms with Gasteiger partial charge in [-0.1, -0.05) is 19.9 Å². The summed E-state index contributed by atoms with van der Waals surface area (Å²) in [6.45, 7) is 6.42. The van der Waals surface area contributed by atoms with Crippen LogP contribution in [0.25, 0.3) is 38.6 Å². The van der Waals surface area contributed by atoms with Gasteiger partial charge in [-0.15, -0.1) is 0 Å². The van der Waals surface area contributed by atoms with Crippen LogP contribution in [0, 0.1) is 12.7 Å². The van der Waals surface area contributed by atoms with E-state index in [0.717, 1.165) is 44.3 Å². The molecule has 0 fully saturated rings. The Morgan fingerprint density at radius 3 is 2.57 bits per heavy atom. The van der Waals surface area contributed by atoms with Crippen LogP contribution >= 0.6 is 0 Å². The van der Waals surface area contributed by atoms with Gasteiger partial charge in [0, 0.05) is 51.5 Å². The lowest BCUT2D eigenvalue weighted by molar-refractivity contribution is 0.0690. The number of ether oxygens (including phenoxy) is 1. The molecule has 5 rings (SSSR count). The number of hydrogen-bond acceptors (Lipinski definition) is 4. The molecule has 8 heteroatoms. The number of fused-ring (bicyclic) bond motifs is 2. The van der Waals surface area contributed by atoms with Crippen molar-refractivity contribution in [3.8, 4) is 16.8 Å². The van der Waals surface area contributed by atoms with Gasteiger partial charge in [0.1, 0.15) is 11.5 Å². The summed E-state index contributed by atoms with van der Waals surface area (Å²) in [5, 5.41) is 18.6. The molecule has 0 spiro atoms. The molecule has 0 atom stereocenters. The Morgan fingerprint density at radius 2 is 1.91 bits per heavy atom. The number of rotatable bonds is 6. The number of aryl methyl sites for hydroxylation is 1. The first kappa shape index (κ1) is 22.7. The van der Waals surface area contributed by atoms with Crippen molar-refractivity contribution >= 4 is 27.8 Å². The molecule has 178 valence electrons. The third-order valence-corrected chi connectivity index (χ3v) is 6.33. The fourth-order valence-corrected chi connectivity index (χ4v) is 4.87. The predicted molar refractivity (Wildman–Crippen MR) is 133 cm³/mol. The second kappa shape index (κ2) is 8.32. The quantitative estimate of drug-likeness (QED) is 0.334. The number of pyridine rings is 1. The van der Waals surface area contributed by atoms with E-state index in [-0.39, 0.29) is 11.5 Å². The first-order valence-electron chi connectivity index (χ1n) is 11.2. The predicted octanol–water partition coefficient (Wildman–Crippen LogP) is 5.64. The molecule has 0 amide bonds. The monoisotopic (exact) mass is 472 g/mol. The van der Waals surface area contributed by atoms with Crippen molar-refractivity contribution in [1.29, 1.82) is 0 Å². The molecule has 0 unspecified atom stereocenters. The fourth-order valence-electron chi connectivity index (χ4n) is 4.87. The number of H-pyrrole nitrogens is 1. The van der Waals surface area contributed by atoms with Crippen LogP contribution in [0.1, 0.15) is 35.7 Å². The van der Waals surface area contributed by atoms with Gasteiger partial charge < -0.3 is 14.4 Å². The number of carboxylic acids is 1. The maximum absolute atomic E-state index is 13.9. The van der Waals surface area contributed by atoms with Crippen molar-refractivity contribution in [3.05, 3.63) is 77.6 Å². The largest absolute Gasteiger partial charge is 0.477 e. The van der Waals surface area contributed by atoms with E-state index in [9.17, 15) is 14.3 Å². The van der Waals surface area contributed by atoms with Crippen LogP contribution < -0.4 is 0 Å². The molecule has 0 saturated heterocycles. The molecular formula is C27H25FN4O3. The Balaban J connectivity index is 1.96. The molecule has 3 heterocycles. The SMILES string of the molecule is COCC(C)(C)c1c(-c2ccc(C(=O)O)nc2C)c2cc3[nH]ncc3cc2n1-c1ccc(F)cc1. The molecule has 7 nitrogen and oxygen atoms in total. The molecule has 0 bridgehead atoms. The Bertz CT molecular complexity index is 1580. The van der Waals surface area contributed by atoms with Crippen molar-refractivity contribution < 1.29 is 19.0 Å². The van der Waals surface area contributed by atoms with E-state index >= 15 is 0 Å². The van der Waals surface area contributed by atoms with Crippen molar-refractivity contribution in [1.82, 2.24) is 19.7 Å². The van der Waals surface area contributed by atoms with Crippen LogP contribution in [0.4, 0.5) is 4.39 Å². The average Bonchev–Trinajstić information content (AvgIpc) is 3.40. The zero-order chi connectivity index (χ0) is 24.9. The molecule has 0 aliphatic carbocycles. The highest BCUT2D eigenvalue weighted by Gasteiger charge is 2.33. The van der Waals surface area contributed by atoms with E-state index < -0.39 is 11.4 Å². The molecule has 0 aliphatic heterocycles. The minimum atomic E-state index is -1.08.